The molecule has 5 atom stereocenters. The van der Waals surface area contributed by atoms with Crippen molar-refractivity contribution < 1.29 is 18.7 Å². The first-order valence-electron chi connectivity index (χ1n) is 16.0. The second-order valence-corrected chi connectivity index (χ2v) is 13.9. The number of fused-ring (bicyclic) bond motifs is 2. The highest BCUT2D eigenvalue weighted by molar-refractivity contribution is 5.76. The molecule has 7 rings (SSSR count). The number of nitrogens with zero attached hydrogens (tertiary/aromatic N) is 4. The highest BCUT2D eigenvalue weighted by atomic mass is 19.1. The Balaban J connectivity index is 1.06. The Morgan fingerprint density at radius 1 is 1.02 bits per heavy atom. The topological polar surface area (TPSA) is 61.6 Å². The third kappa shape index (κ3) is 5.24. The van der Waals surface area contributed by atoms with Crippen LogP contribution in [-0.4, -0.2) is 69.9 Å². The molecule has 4 heterocycles. The van der Waals surface area contributed by atoms with Crippen LogP contribution in [0.2, 0.25) is 0 Å². The first-order valence-corrected chi connectivity index (χ1v) is 16.0. The normalized spacial score (nSPS) is 32.3. The van der Waals surface area contributed by atoms with Crippen molar-refractivity contribution in [3.05, 3.63) is 52.3 Å². The molecule has 0 radical (unpaired) electrons. The average molecular weight is 567 g/mol. The standard InChI is InChI=1S/C33H44F2N4O2/c1-2-29-31(30-5-3-4-8-39(30)36-29)21-6-9-37(10-7-21)17-25-18-38(19-28(25)22-12-26(34)14-27(35)13-22)20-33(32(40)41)15-23-11-24(23)16-33/h12-14,21,23-25,28H,2-11,15-20H2,1H3,(H,40,41)/t23-,24+,25-,28+,33?/m0/s1. The maximum atomic E-state index is 14.3. The lowest BCUT2D eigenvalue weighted by atomic mass is 9.82. The van der Waals surface area contributed by atoms with Crippen LogP contribution in [0.4, 0.5) is 8.78 Å². The van der Waals surface area contributed by atoms with E-state index in [0.29, 0.717) is 36.4 Å². The number of likely N-dealkylation sites (tertiary alicyclic amines) is 2. The molecule has 2 saturated heterocycles. The number of aryl methyl sites for hydroxylation is 2. The van der Waals surface area contributed by atoms with E-state index in [1.165, 1.54) is 48.3 Å². The van der Waals surface area contributed by atoms with Crippen LogP contribution in [0.1, 0.15) is 86.2 Å². The van der Waals surface area contributed by atoms with Gasteiger partial charge in [-0.05, 0) is 118 Å². The number of carboxylic acids is 1. The average Bonchev–Trinajstić information content (AvgIpc) is 3.26. The van der Waals surface area contributed by atoms with Crippen LogP contribution in [0.15, 0.2) is 18.2 Å². The number of aliphatic carboxylic acids is 1. The molecule has 3 aliphatic heterocycles. The number of rotatable bonds is 8. The van der Waals surface area contributed by atoms with Crippen molar-refractivity contribution in [2.45, 2.75) is 83.1 Å². The molecule has 2 aliphatic carbocycles. The number of aromatic nitrogens is 2. The summed E-state index contributed by atoms with van der Waals surface area (Å²) in [6, 6.07) is 3.92. The Morgan fingerprint density at radius 3 is 2.44 bits per heavy atom. The van der Waals surface area contributed by atoms with Gasteiger partial charge >= 0.3 is 5.97 Å². The van der Waals surface area contributed by atoms with E-state index in [1.54, 1.807) is 0 Å². The van der Waals surface area contributed by atoms with Gasteiger partial charge in [0.25, 0.3) is 0 Å². The van der Waals surface area contributed by atoms with Gasteiger partial charge in [0.15, 0.2) is 0 Å². The molecule has 1 N–H and O–H groups in total. The zero-order valence-electron chi connectivity index (χ0n) is 24.3. The summed E-state index contributed by atoms with van der Waals surface area (Å²) < 4.78 is 30.9. The van der Waals surface area contributed by atoms with Gasteiger partial charge in [-0.25, -0.2) is 8.78 Å². The third-order valence-corrected chi connectivity index (χ3v) is 11.2. The zero-order valence-corrected chi connectivity index (χ0v) is 24.3. The van der Waals surface area contributed by atoms with Crippen molar-refractivity contribution in [2.75, 3.05) is 39.3 Å². The van der Waals surface area contributed by atoms with Crippen molar-refractivity contribution in [3.8, 4) is 0 Å². The van der Waals surface area contributed by atoms with Gasteiger partial charge in [0.2, 0.25) is 0 Å². The highest BCUT2D eigenvalue weighted by Crippen LogP contribution is 2.60. The molecule has 2 saturated carbocycles. The Bertz CT molecular complexity index is 1270. The lowest BCUT2D eigenvalue weighted by Crippen LogP contribution is -2.42. The van der Waals surface area contributed by atoms with E-state index in [1.807, 2.05) is 0 Å². The first-order chi connectivity index (χ1) is 19.8. The number of benzene rings is 1. The van der Waals surface area contributed by atoms with Crippen LogP contribution in [-0.2, 0) is 24.2 Å². The van der Waals surface area contributed by atoms with E-state index >= 15 is 0 Å². The number of piperidine rings is 1. The molecule has 0 bridgehead atoms. The van der Waals surface area contributed by atoms with E-state index in [2.05, 4.69) is 21.4 Å². The minimum absolute atomic E-state index is 0.00547. The molecule has 0 spiro atoms. The van der Waals surface area contributed by atoms with Gasteiger partial charge in [0.05, 0.1) is 11.1 Å². The molecular weight excluding hydrogens is 522 g/mol. The summed E-state index contributed by atoms with van der Waals surface area (Å²) in [6.45, 7) is 8.17. The van der Waals surface area contributed by atoms with Gasteiger partial charge in [-0.15, -0.1) is 0 Å². The maximum Gasteiger partial charge on any atom is 0.310 e. The second-order valence-electron chi connectivity index (χ2n) is 13.9. The van der Waals surface area contributed by atoms with Crippen LogP contribution in [0.5, 0.6) is 0 Å². The SMILES string of the molecule is CCc1nn2c(c1C1CCN(C[C@H]3CN(CC4(C(=O)O)C[C@H]5C[C@H]5C4)C[C@@H]3c3cc(F)cc(F)c3)CC1)CCCC2. The number of halogens is 2. The molecule has 0 amide bonds. The van der Waals surface area contributed by atoms with Crippen molar-refractivity contribution >= 4 is 5.97 Å². The fourth-order valence-electron chi connectivity index (χ4n) is 9.17. The predicted molar refractivity (Wildman–Crippen MR) is 153 cm³/mol. The predicted octanol–water partition coefficient (Wildman–Crippen LogP) is 5.46. The zero-order chi connectivity index (χ0) is 28.3. The summed E-state index contributed by atoms with van der Waals surface area (Å²) in [4.78, 5) is 17.3. The summed E-state index contributed by atoms with van der Waals surface area (Å²) in [7, 11) is 0. The van der Waals surface area contributed by atoms with Crippen LogP contribution >= 0.6 is 0 Å². The van der Waals surface area contributed by atoms with Crippen molar-refractivity contribution in [2.24, 2.45) is 23.2 Å². The van der Waals surface area contributed by atoms with Gasteiger partial charge in [0, 0.05) is 50.4 Å². The highest BCUT2D eigenvalue weighted by Gasteiger charge is 2.58. The van der Waals surface area contributed by atoms with E-state index in [-0.39, 0.29) is 11.8 Å². The summed E-state index contributed by atoms with van der Waals surface area (Å²) in [5, 5.41) is 15.2. The molecule has 1 aromatic heterocycles. The Morgan fingerprint density at radius 2 is 1.76 bits per heavy atom. The first kappa shape index (κ1) is 27.5. The summed E-state index contributed by atoms with van der Waals surface area (Å²) in [5.74, 6) is 0.179. The monoisotopic (exact) mass is 566 g/mol. The molecule has 1 unspecified atom stereocenters. The van der Waals surface area contributed by atoms with Crippen molar-refractivity contribution in [3.63, 3.8) is 0 Å². The minimum Gasteiger partial charge on any atom is -0.481 e. The quantitative estimate of drug-likeness (QED) is 0.460. The smallest absolute Gasteiger partial charge is 0.310 e. The van der Waals surface area contributed by atoms with Gasteiger partial charge in [0.1, 0.15) is 11.6 Å². The van der Waals surface area contributed by atoms with Crippen LogP contribution in [0.25, 0.3) is 0 Å². The van der Waals surface area contributed by atoms with Gasteiger partial charge in [-0.2, -0.15) is 5.10 Å². The van der Waals surface area contributed by atoms with Crippen LogP contribution in [0.3, 0.4) is 0 Å². The Kier molecular flexibility index (Phi) is 7.21. The summed E-state index contributed by atoms with van der Waals surface area (Å²) >= 11 is 0. The van der Waals surface area contributed by atoms with E-state index in [0.717, 1.165) is 77.3 Å². The summed E-state index contributed by atoms with van der Waals surface area (Å²) in [6.07, 6.45) is 9.58. The van der Waals surface area contributed by atoms with Crippen LogP contribution < -0.4 is 0 Å². The van der Waals surface area contributed by atoms with Crippen LogP contribution in [0, 0.1) is 34.8 Å². The maximum absolute atomic E-state index is 14.3. The number of hydrogen-bond donors (Lipinski definition) is 1. The molecule has 8 heteroatoms. The summed E-state index contributed by atoms with van der Waals surface area (Å²) in [5.41, 5.74) is 4.34. The van der Waals surface area contributed by atoms with Crippen molar-refractivity contribution in [1.82, 2.24) is 19.6 Å². The number of carboxylic acid groups (broad SMARTS) is 1. The molecule has 2 aromatic rings. The Labute approximate surface area is 242 Å². The van der Waals surface area contributed by atoms with Gasteiger partial charge in [-0.1, -0.05) is 6.92 Å². The fourth-order valence-corrected chi connectivity index (χ4v) is 9.17. The molecule has 4 fully saturated rings. The van der Waals surface area contributed by atoms with Gasteiger partial charge < -0.3 is 14.9 Å². The van der Waals surface area contributed by atoms with E-state index in [4.69, 9.17) is 5.10 Å². The molecule has 222 valence electrons. The molecular formula is C33H44F2N4O2. The number of hydrogen-bond acceptors (Lipinski definition) is 4. The minimum atomic E-state index is -0.669. The second kappa shape index (κ2) is 10.7. The van der Waals surface area contributed by atoms with Crippen molar-refractivity contribution in [1.29, 1.82) is 0 Å². The third-order valence-electron chi connectivity index (χ3n) is 11.2. The molecule has 6 nitrogen and oxygen atoms in total. The fraction of sp³-hybridized carbons (Fsp3) is 0.697. The lowest BCUT2D eigenvalue weighted by molar-refractivity contribution is -0.150. The van der Waals surface area contributed by atoms with E-state index < -0.39 is 23.0 Å². The number of carbonyl (C=O) groups is 1. The molecule has 1 aromatic carbocycles. The lowest BCUT2D eigenvalue weighted by Gasteiger charge is -2.35. The molecule has 5 aliphatic rings. The van der Waals surface area contributed by atoms with Gasteiger partial charge in [-0.3, -0.25) is 9.48 Å². The molecule has 41 heavy (non-hydrogen) atoms. The Hall–Kier alpha value is -2.32. The largest absolute Gasteiger partial charge is 0.481 e. The van der Waals surface area contributed by atoms with E-state index in [9.17, 15) is 18.7 Å².